The van der Waals surface area contributed by atoms with Gasteiger partial charge in [-0.3, -0.25) is 4.40 Å². The summed E-state index contributed by atoms with van der Waals surface area (Å²) in [6.45, 7) is 1.18. The van der Waals surface area contributed by atoms with Crippen molar-refractivity contribution in [1.82, 2.24) is 14.4 Å². The molecule has 3 aromatic heterocycles. The molecule has 4 rings (SSSR count). The van der Waals surface area contributed by atoms with Gasteiger partial charge in [0.15, 0.2) is 17.6 Å². The molecular weight excluding hydrogens is 377 g/mol. The van der Waals surface area contributed by atoms with Crippen LogP contribution in [0.1, 0.15) is 5.69 Å². The van der Waals surface area contributed by atoms with Gasteiger partial charge in [0.05, 0.1) is 6.54 Å². The molecule has 27 heavy (non-hydrogen) atoms. The average molecular weight is 392 g/mol. The number of nitrogens with zero attached hydrogens (tertiary/aromatic N) is 3. The Hall–Kier alpha value is -2.65. The minimum absolute atomic E-state index is 0.205. The summed E-state index contributed by atoms with van der Waals surface area (Å²) in [4.78, 5) is 10.6. The van der Waals surface area contributed by atoms with E-state index in [-0.39, 0.29) is 5.82 Å². The predicted molar refractivity (Wildman–Crippen MR) is 99.1 cm³/mol. The zero-order valence-corrected chi connectivity index (χ0v) is 15.0. The molecule has 140 valence electrons. The van der Waals surface area contributed by atoms with Gasteiger partial charge in [-0.05, 0) is 18.6 Å². The molecule has 0 aliphatic heterocycles. The van der Waals surface area contributed by atoms with Crippen molar-refractivity contribution in [3.05, 3.63) is 48.3 Å². The van der Waals surface area contributed by atoms with Gasteiger partial charge in [-0.25, -0.2) is 9.97 Å². The van der Waals surface area contributed by atoms with E-state index in [0.29, 0.717) is 11.2 Å². The van der Waals surface area contributed by atoms with Gasteiger partial charge in [-0.15, -0.1) is 11.3 Å². The summed E-state index contributed by atoms with van der Waals surface area (Å²) in [7, 11) is 0. The lowest BCUT2D eigenvalue weighted by Crippen LogP contribution is -2.35. The second-order valence-electron chi connectivity index (χ2n) is 6.12. The number of aromatic nitrogens is 3. The molecule has 1 atom stereocenters. The number of hydrogen-bond donors (Lipinski definition) is 2. The van der Waals surface area contributed by atoms with Crippen LogP contribution >= 0.6 is 11.3 Å². The summed E-state index contributed by atoms with van der Waals surface area (Å²) in [6, 6.07) is 11.7. The Labute approximate surface area is 156 Å². The first kappa shape index (κ1) is 17.7. The van der Waals surface area contributed by atoms with E-state index in [1.165, 1.54) is 11.3 Å². The van der Waals surface area contributed by atoms with Gasteiger partial charge < -0.3 is 10.4 Å². The molecule has 0 aliphatic carbocycles. The van der Waals surface area contributed by atoms with E-state index in [9.17, 15) is 18.3 Å². The maximum Gasteiger partial charge on any atom is 0.416 e. The van der Waals surface area contributed by atoms with E-state index < -0.39 is 18.8 Å². The van der Waals surface area contributed by atoms with Crippen LogP contribution in [0, 0.1) is 6.92 Å². The van der Waals surface area contributed by atoms with E-state index in [2.05, 4.69) is 15.3 Å². The van der Waals surface area contributed by atoms with Crippen molar-refractivity contribution in [2.45, 2.75) is 19.2 Å². The van der Waals surface area contributed by atoms with Gasteiger partial charge in [-0.2, -0.15) is 13.2 Å². The smallest absolute Gasteiger partial charge is 0.382 e. The maximum atomic E-state index is 12.6. The third-order valence-electron chi connectivity index (χ3n) is 4.18. The highest BCUT2D eigenvalue weighted by Gasteiger charge is 2.38. The van der Waals surface area contributed by atoms with Gasteiger partial charge >= 0.3 is 6.18 Å². The predicted octanol–water partition coefficient (Wildman–Crippen LogP) is 4.25. The van der Waals surface area contributed by atoms with Crippen LogP contribution in [0.3, 0.4) is 0 Å². The highest BCUT2D eigenvalue weighted by atomic mass is 32.1. The normalized spacial score (nSPS) is 13.4. The van der Waals surface area contributed by atoms with Crippen LogP contribution in [0.2, 0.25) is 0 Å². The van der Waals surface area contributed by atoms with Gasteiger partial charge in [0.1, 0.15) is 10.3 Å². The van der Waals surface area contributed by atoms with Crippen molar-refractivity contribution < 1.29 is 18.3 Å². The second kappa shape index (κ2) is 6.50. The van der Waals surface area contributed by atoms with E-state index in [0.717, 1.165) is 21.0 Å². The molecule has 9 heteroatoms. The quantitative estimate of drug-likeness (QED) is 0.545. The van der Waals surface area contributed by atoms with Crippen LogP contribution in [0.5, 0.6) is 0 Å². The van der Waals surface area contributed by atoms with Gasteiger partial charge in [0.25, 0.3) is 0 Å². The first-order chi connectivity index (χ1) is 12.8. The highest BCUT2D eigenvalue weighted by molar-refractivity contribution is 7.21. The molecule has 0 amide bonds. The van der Waals surface area contributed by atoms with Crippen LogP contribution in [-0.4, -0.2) is 38.3 Å². The Morgan fingerprint density at radius 1 is 1.26 bits per heavy atom. The van der Waals surface area contributed by atoms with Crippen LogP contribution in [0.4, 0.5) is 19.0 Å². The number of benzene rings is 1. The largest absolute Gasteiger partial charge is 0.416 e. The zero-order chi connectivity index (χ0) is 19.2. The number of rotatable bonds is 4. The van der Waals surface area contributed by atoms with Crippen LogP contribution < -0.4 is 5.32 Å². The minimum atomic E-state index is -4.69. The lowest BCUT2D eigenvalue weighted by atomic mass is 10.2. The number of halogens is 3. The van der Waals surface area contributed by atoms with E-state index in [4.69, 9.17) is 0 Å². The monoisotopic (exact) mass is 392 g/mol. The Balaban J connectivity index is 1.80. The SMILES string of the molecule is Cc1cnc2c(NCC(O)C(F)(F)F)nc3cc(-c4ccccc4)sc3n12. The average Bonchev–Trinajstić information content (AvgIpc) is 3.23. The summed E-state index contributed by atoms with van der Waals surface area (Å²) in [5.41, 5.74) is 2.96. The fourth-order valence-electron chi connectivity index (χ4n) is 2.82. The molecule has 0 aliphatic rings. The molecule has 0 radical (unpaired) electrons. The molecule has 2 N–H and O–H groups in total. The Kier molecular flexibility index (Phi) is 4.27. The number of fused-ring (bicyclic) bond motifs is 3. The number of thiophene rings is 1. The molecule has 0 fully saturated rings. The lowest BCUT2D eigenvalue weighted by molar-refractivity contribution is -0.198. The molecule has 1 unspecified atom stereocenters. The molecule has 3 heterocycles. The van der Waals surface area contributed by atoms with Gasteiger partial charge in [0.2, 0.25) is 0 Å². The number of alkyl halides is 3. The summed E-state index contributed by atoms with van der Waals surface area (Å²) < 4.78 is 39.6. The molecule has 0 bridgehead atoms. The van der Waals surface area contributed by atoms with E-state index >= 15 is 0 Å². The fraction of sp³-hybridized carbons (Fsp3) is 0.222. The van der Waals surface area contributed by atoms with Crippen LogP contribution in [0.15, 0.2) is 42.6 Å². The number of anilines is 1. The maximum absolute atomic E-state index is 12.6. The molecule has 0 saturated carbocycles. The summed E-state index contributed by atoms with van der Waals surface area (Å²) >= 11 is 1.54. The summed E-state index contributed by atoms with van der Waals surface area (Å²) in [5.74, 6) is 0.205. The number of aliphatic hydroxyl groups excluding tert-OH is 1. The van der Waals surface area contributed by atoms with Crippen molar-refractivity contribution in [3.63, 3.8) is 0 Å². The molecule has 1 aromatic carbocycles. The van der Waals surface area contributed by atoms with E-state index in [1.807, 2.05) is 47.7 Å². The first-order valence-electron chi connectivity index (χ1n) is 8.16. The Bertz CT molecular complexity index is 1100. The van der Waals surface area contributed by atoms with Crippen LogP contribution in [-0.2, 0) is 0 Å². The first-order valence-corrected chi connectivity index (χ1v) is 8.98. The highest BCUT2D eigenvalue weighted by Crippen LogP contribution is 2.35. The molecule has 0 spiro atoms. The Morgan fingerprint density at radius 3 is 2.70 bits per heavy atom. The lowest BCUT2D eigenvalue weighted by Gasteiger charge is -2.15. The number of aliphatic hydroxyl groups is 1. The second-order valence-corrected chi connectivity index (χ2v) is 7.16. The fourth-order valence-corrected chi connectivity index (χ4v) is 3.98. The number of imidazole rings is 1. The third kappa shape index (κ3) is 3.24. The molecule has 4 aromatic rings. The number of nitrogens with one attached hydrogen (secondary N) is 1. The van der Waals surface area contributed by atoms with E-state index in [1.54, 1.807) is 6.20 Å². The standard InChI is InChI=1S/C18H15F3N4OS/c1-10-8-23-16-15(22-9-14(26)18(19,20)21)24-12-7-13(27-17(12)25(10)16)11-5-3-2-4-6-11/h2-8,14,26H,9H2,1H3,(H,22,24). The molecule has 0 saturated heterocycles. The molecule has 5 nitrogen and oxygen atoms in total. The number of hydrogen-bond acceptors (Lipinski definition) is 5. The number of aryl methyl sites for hydroxylation is 1. The van der Waals surface area contributed by atoms with Crippen molar-refractivity contribution in [2.24, 2.45) is 0 Å². The topological polar surface area (TPSA) is 62.5 Å². The van der Waals surface area contributed by atoms with Crippen molar-refractivity contribution in [1.29, 1.82) is 0 Å². The van der Waals surface area contributed by atoms with Crippen molar-refractivity contribution >= 4 is 33.1 Å². The minimum Gasteiger partial charge on any atom is -0.382 e. The van der Waals surface area contributed by atoms with Crippen molar-refractivity contribution in [2.75, 3.05) is 11.9 Å². The van der Waals surface area contributed by atoms with Crippen LogP contribution in [0.25, 0.3) is 26.4 Å². The summed E-state index contributed by atoms with van der Waals surface area (Å²) in [6.07, 6.45) is -5.53. The third-order valence-corrected chi connectivity index (χ3v) is 5.34. The van der Waals surface area contributed by atoms with Crippen molar-refractivity contribution in [3.8, 4) is 10.4 Å². The molecular formula is C18H15F3N4OS. The van der Waals surface area contributed by atoms with Gasteiger partial charge in [-0.1, -0.05) is 30.3 Å². The summed E-state index contributed by atoms with van der Waals surface area (Å²) in [5, 5.41) is 11.8. The Morgan fingerprint density at radius 2 is 2.00 bits per heavy atom. The zero-order valence-electron chi connectivity index (χ0n) is 14.2. The van der Waals surface area contributed by atoms with Gasteiger partial charge in [0, 0.05) is 16.8 Å².